The van der Waals surface area contributed by atoms with Gasteiger partial charge in [0.15, 0.2) is 0 Å². The lowest BCUT2D eigenvalue weighted by molar-refractivity contribution is 0.207. The molecule has 4 heteroatoms. The molecule has 0 spiro atoms. The lowest BCUT2D eigenvalue weighted by Gasteiger charge is -2.08. The van der Waals surface area contributed by atoms with Crippen molar-refractivity contribution in [2.45, 2.75) is 26.3 Å². The molecule has 0 bridgehead atoms. The van der Waals surface area contributed by atoms with E-state index in [4.69, 9.17) is 10.4 Å². The van der Waals surface area contributed by atoms with Gasteiger partial charge in [-0.1, -0.05) is 38.0 Å². The summed E-state index contributed by atoms with van der Waals surface area (Å²) >= 11 is 0. The highest BCUT2D eigenvalue weighted by Crippen LogP contribution is 2.26. The molecule has 88 valence electrons. The van der Waals surface area contributed by atoms with Gasteiger partial charge in [0.25, 0.3) is 0 Å². The van der Waals surface area contributed by atoms with Crippen molar-refractivity contribution in [1.82, 2.24) is 0 Å². The Balaban J connectivity index is 0.000000280. The Bertz CT molecular complexity index is 318. The maximum absolute atomic E-state index is 5.78. The van der Waals surface area contributed by atoms with E-state index in [-0.39, 0.29) is 6.92 Å². The third-order valence-corrected chi connectivity index (χ3v) is 2.69. The van der Waals surface area contributed by atoms with Gasteiger partial charge in [0.05, 0.1) is 12.8 Å². The third kappa shape index (κ3) is 3.08. The maximum atomic E-state index is 5.78. The average Bonchev–Trinajstić information content (AvgIpc) is 2.67. The van der Waals surface area contributed by atoms with Crippen LogP contribution in [0, 0.1) is 0 Å². The van der Waals surface area contributed by atoms with Crippen molar-refractivity contribution in [2.24, 2.45) is 5.73 Å². The zero-order valence-corrected chi connectivity index (χ0v) is 10.3. The van der Waals surface area contributed by atoms with Crippen LogP contribution in [0.15, 0.2) is 24.3 Å². The van der Waals surface area contributed by atoms with E-state index in [9.17, 15) is 0 Å². The van der Waals surface area contributed by atoms with Crippen LogP contribution in [0.1, 0.15) is 25.0 Å². The smallest absolute Gasteiger partial charge is 0.324 e. The molecule has 0 radical (unpaired) electrons. The molecule has 1 aliphatic rings. The SMILES string of the molecule is CC[C@H]1OB(C)c2ccccc21.COCN. The molecule has 0 saturated heterocycles. The van der Waals surface area contributed by atoms with E-state index < -0.39 is 0 Å². The van der Waals surface area contributed by atoms with Crippen molar-refractivity contribution in [3.8, 4) is 0 Å². The van der Waals surface area contributed by atoms with E-state index in [0.29, 0.717) is 12.8 Å². The highest BCUT2D eigenvalue weighted by Gasteiger charge is 2.29. The van der Waals surface area contributed by atoms with E-state index in [1.54, 1.807) is 7.11 Å². The number of hydrogen-bond acceptors (Lipinski definition) is 3. The van der Waals surface area contributed by atoms with Crippen LogP contribution >= 0.6 is 0 Å². The molecule has 3 nitrogen and oxygen atoms in total. The first-order chi connectivity index (χ1) is 7.74. The molecule has 0 unspecified atom stereocenters. The molecule has 2 rings (SSSR count). The van der Waals surface area contributed by atoms with Crippen molar-refractivity contribution >= 4 is 12.4 Å². The van der Waals surface area contributed by atoms with Crippen molar-refractivity contribution in [2.75, 3.05) is 13.8 Å². The van der Waals surface area contributed by atoms with Gasteiger partial charge in [0.2, 0.25) is 0 Å². The van der Waals surface area contributed by atoms with Crippen molar-refractivity contribution in [1.29, 1.82) is 0 Å². The minimum Gasteiger partial charge on any atom is -0.424 e. The number of nitrogens with two attached hydrogens (primary N) is 1. The van der Waals surface area contributed by atoms with E-state index in [0.717, 1.165) is 6.42 Å². The predicted octanol–water partition coefficient (Wildman–Crippen LogP) is 1.55. The summed E-state index contributed by atoms with van der Waals surface area (Å²) in [4.78, 5) is 0. The van der Waals surface area contributed by atoms with Gasteiger partial charge >= 0.3 is 6.92 Å². The summed E-state index contributed by atoms with van der Waals surface area (Å²) < 4.78 is 10.1. The lowest BCUT2D eigenvalue weighted by atomic mass is 9.64. The highest BCUT2D eigenvalue weighted by molar-refractivity contribution is 6.67. The van der Waals surface area contributed by atoms with Crippen molar-refractivity contribution in [3.05, 3.63) is 29.8 Å². The Hall–Kier alpha value is -0.835. The predicted molar refractivity (Wildman–Crippen MR) is 67.9 cm³/mol. The summed E-state index contributed by atoms with van der Waals surface area (Å²) in [5.74, 6) is 0. The van der Waals surface area contributed by atoms with E-state index in [1.165, 1.54) is 11.0 Å². The van der Waals surface area contributed by atoms with Crippen LogP contribution in [0.3, 0.4) is 0 Å². The Kier molecular flexibility index (Phi) is 5.53. The topological polar surface area (TPSA) is 44.5 Å². The lowest BCUT2D eigenvalue weighted by Crippen LogP contribution is -2.23. The van der Waals surface area contributed by atoms with Crippen molar-refractivity contribution < 1.29 is 9.39 Å². The van der Waals surface area contributed by atoms with Gasteiger partial charge in [-0.3, -0.25) is 0 Å². The minimum absolute atomic E-state index is 0.283. The molecule has 1 aliphatic heterocycles. The summed E-state index contributed by atoms with van der Waals surface area (Å²) in [5.41, 5.74) is 7.55. The maximum Gasteiger partial charge on any atom is 0.324 e. The molecule has 0 fully saturated rings. The van der Waals surface area contributed by atoms with E-state index in [1.807, 2.05) is 0 Å². The van der Waals surface area contributed by atoms with Gasteiger partial charge in [-0.15, -0.1) is 0 Å². The van der Waals surface area contributed by atoms with Gasteiger partial charge in [-0.2, -0.15) is 0 Å². The van der Waals surface area contributed by atoms with Gasteiger partial charge in [-0.05, 0) is 17.4 Å². The summed E-state index contributed by atoms with van der Waals surface area (Å²) in [7, 11) is 1.56. The fraction of sp³-hybridized carbons (Fsp3) is 0.500. The number of fused-ring (bicyclic) bond motifs is 1. The van der Waals surface area contributed by atoms with Gasteiger partial charge in [-0.25, -0.2) is 0 Å². The number of rotatable bonds is 2. The largest absolute Gasteiger partial charge is 0.424 e. The van der Waals surface area contributed by atoms with Gasteiger partial charge in [0.1, 0.15) is 0 Å². The van der Waals surface area contributed by atoms with E-state index >= 15 is 0 Å². The monoisotopic (exact) mass is 221 g/mol. The molecular formula is C12H20BNO2. The highest BCUT2D eigenvalue weighted by atomic mass is 16.5. The van der Waals surface area contributed by atoms with Crippen LogP contribution in [0.4, 0.5) is 0 Å². The molecule has 1 aromatic rings. The molecule has 1 atom stereocenters. The molecule has 1 heterocycles. The second-order valence-electron chi connectivity index (χ2n) is 3.76. The molecule has 0 aliphatic carbocycles. The minimum atomic E-state index is 0.283. The van der Waals surface area contributed by atoms with Gasteiger partial charge in [0, 0.05) is 7.11 Å². The fourth-order valence-corrected chi connectivity index (χ4v) is 1.88. The van der Waals surface area contributed by atoms with Gasteiger partial charge < -0.3 is 15.1 Å². The Morgan fingerprint density at radius 1 is 1.44 bits per heavy atom. The summed E-state index contributed by atoms with van der Waals surface area (Å²) in [5, 5.41) is 0. The second-order valence-corrected chi connectivity index (χ2v) is 3.76. The number of hydrogen-bond donors (Lipinski definition) is 1. The average molecular weight is 221 g/mol. The molecule has 0 amide bonds. The number of benzene rings is 1. The molecule has 0 saturated carbocycles. The fourth-order valence-electron chi connectivity index (χ4n) is 1.88. The van der Waals surface area contributed by atoms with Crippen LogP contribution in [0.25, 0.3) is 0 Å². The van der Waals surface area contributed by atoms with Crippen LogP contribution in [0.5, 0.6) is 0 Å². The second kappa shape index (κ2) is 6.68. The Morgan fingerprint density at radius 3 is 2.62 bits per heavy atom. The van der Waals surface area contributed by atoms with Crippen LogP contribution in [-0.2, 0) is 9.39 Å². The Labute approximate surface area is 98.0 Å². The first kappa shape index (κ1) is 13.2. The standard InChI is InChI=1S/C10H13BO.C2H7NO/c1-3-10-8-6-4-5-7-9(8)11(2)12-10;1-4-2-3/h4-7,10H,3H2,1-2H3;2-3H2,1H3/t10-;/m1./s1. The quantitative estimate of drug-likeness (QED) is 0.608. The Morgan fingerprint density at radius 2 is 2.06 bits per heavy atom. The zero-order chi connectivity index (χ0) is 12.0. The number of methoxy groups -OCH3 is 1. The normalized spacial score (nSPS) is 17.8. The molecule has 16 heavy (non-hydrogen) atoms. The first-order valence-corrected chi connectivity index (χ1v) is 5.67. The third-order valence-electron chi connectivity index (χ3n) is 2.69. The molecule has 1 aromatic carbocycles. The van der Waals surface area contributed by atoms with Crippen LogP contribution < -0.4 is 11.2 Å². The first-order valence-electron chi connectivity index (χ1n) is 5.67. The summed E-state index contributed by atoms with van der Waals surface area (Å²) in [6.07, 6.45) is 1.40. The van der Waals surface area contributed by atoms with Crippen LogP contribution in [0.2, 0.25) is 6.82 Å². The molecular weight excluding hydrogens is 201 g/mol. The summed E-state index contributed by atoms with van der Waals surface area (Å²) in [6.45, 7) is 4.89. The van der Waals surface area contributed by atoms with E-state index in [2.05, 4.69) is 42.7 Å². The molecule has 0 aromatic heterocycles. The zero-order valence-electron chi connectivity index (χ0n) is 10.3. The number of ether oxygens (including phenoxy) is 1. The summed E-state index contributed by atoms with van der Waals surface area (Å²) in [6, 6.07) is 8.50. The molecule has 2 N–H and O–H groups in total. The van der Waals surface area contributed by atoms with Crippen LogP contribution in [-0.4, -0.2) is 20.8 Å². The van der Waals surface area contributed by atoms with Crippen molar-refractivity contribution in [3.63, 3.8) is 0 Å².